The van der Waals surface area contributed by atoms with E-state index in [2.05, 4.69) is 88.5 Å². The van der Waals surface area contributed by atoms with E-state index in [9.17, 15) is 43.2 Å². The predicted molar refractivity (Wildman–Crippen MR) is 409 cm³/mol. The van der Waals surface area contributed by atoms with E-state index < -0.39 is 97.5 Å². The van der Waals surface area contributed by atoms with E-state index in [0.29, 0.717) is 32.1 Å². The number of aliphatic hydroxyl groups is 1. The third-order valence-electron chi connectivity index (χ3n) is 17.2. The summed E-state index contributed by atoms with van der Waals surface area (Å²) in [5.74, 6) is -2.22. The minimum absolute atomic E-state index is 0.0698. The lowest BCUT2D eigenvalue weighted by molar-refractivity contribution is -0.161. The Bertz CT molecular complexity index is 2180. The summed E-state index contributed by atoms with van der Waals surface area (Å²) in [4.78, 5) is 72.9. The van der Waals surface area contributed by atoms with Crippen molar-refractivity contribution in [1.82, 2.24) is 0 Å². The molecular weight excluding hydrogens is 1310 g/mol. The van der Waals surface area contributed by atoms with Crippen LogP contribution in [0.1, 0.15) is 362 Å². The standard InChI is InChI=1S/C81H146O17P2/c1-5-9-13-17-21-25-29-33-36-37-40-43-46-50-54-58-62-66-79(84)92-72-77(98-81(86)68-64-60-56-52-48-44-39-35-31-27-23-19-15-11-7-3)74-96-100(89,90)94-70-75(82)69-93-99(87,88)95-73-76(97-80(85)67-63-59-55-51-47-41-32-28-24-20-16-12-8-4)71-91-78(83)65-61-57-53-49-45-42-38-34-30-26-22-18-14-10-6-2/h21,23,25,27,33,35-36,39-40,43,50,54,75-77,82H,5-20,22,24,26,28-32,34,37-38,41-42,44-49,51-53,55-74H2,1-4H3,(H,87,88)(H,89,90)/b25-21-,27-23-,36-33-,39-35-,43-40-,54-50-/t75-,76-,77-/m1/s1. The molecule has 17 nitrogen and oxygen atoms in total. The molecule has 0 heterocycles. The van der Waals surface area contributed by atoms with Crippen molar-refractivity contribution in [3.8, 4) is 0 Å². The molecule has 0 aliphatic heterocycles. The molecule has 3 N–H and O–H groups in total. The molecule has 0 aromatic carbocycles. The van der Waals surface area contributed by atoms with Crippen LogP contribution in [0.25, 0.3) is 0 Å². The lowest BCUT2D eigenvalue weighted by atomic mass is 10.0. The van der Waals surface area contributed by atoms with Crippen LogP contribution < -0.4 is 0 Å². The van der Waals surface area contributed by atoms with Gasteiger partial charge in [0.25, 0.3) is 0 Å². The molecule has 0 aliphatic rings. The van der Waals surface area contributed by atoms with Crippen molar-refractivity contribution < 1.29 is 80.2 Å². The van der Waals surface area contributed by atoms with Crippen molar-refractivity contribution in [2.45, 2.75) is 380 Å². The molecular formula is C81H146O17P2. The van der Waals surface area contributed by atoms with Gasteiger partial charge >= 0.3 is 39.5 Å². The molecule has 0 saturated heterocycles. The maximum Gasteiger partial charge on any atom is 0.472 e. The van der Waals surface area contributed by atoms with Gasteiger partial charge in [0.05, 0.1) is 26.4 Å². The van der Waals surface area contributed by atoms with Gasteiger partial charge in [-0.25, -0.2) is 9.13 Å². The molecule has 0 rings (SSSR count). The lowest BCUT2D eigenvalue weighted by Gasteiger charge is -2.21. The summed E-state index contributed by atoms with van der Waals surface area (Å²) in [6.07, 6.45) is 74.5. The van der Waals surface area contributed by atoms with Gasteiger partial charge in [-0.15, -0.1) is 0 Å². The van der Waals surface area contributed by atoms with E-state index in [0.717, 1.165) is 116 Å². The van der Waals surface area contributed by atoms with Gasteiger partial charge in [-0.05, 0) is 96.3 Å². The topological polar surface area (TPSA) is 237 Å². The zero-order valence-corrected chi connectivity index (χ0v) is 65.4. The number of allylic oxidation sites excluding steroid dienone is 12. The second-order valence-electron chi connectivity index (χ2n) is 27.0. The number of aliphatic hydroxyl groups excluding tert-OH is 1. The third kappa shape index (κ3) is 72.8. The van der Waals surface area contributed by atoms with Gasteiger partial charge in [-0.3, -0.25) is 37.3 Å². The molecule has 0 amide bonds. The van der Waals surface area contributed by atoms with Gasteiger partial charge in [0, 0.05) is 25.7 Å². The Hall–Kier alpha value is -3.50. The number of phosphoric acid groups is 2. The Morgan fingerprint density at radius 1 is 0.280 bits per heavy atom. The van der Waals surface area contributed by atoms with Crippen LogP contribution in [-0.2, 0) is 65.4 Å². The SMILES string of the molecule is CCCCC/C=C\C/C=C\C/C=C\C/C=C\CCCC(=O)OC[C@H](COP(=O)(O)OC[C@H](O)COP(=O)(O)OC[C@@H](COC(=O)CCCCCCCCCCCCCCCCC)OC(=O)CCCCCCCCCCCCCCC)OC(=O)CCCCCCC/C=C\C/C=C\CCCCC. The van der Waals surface area contributed by atoms with Crippen LogP contribution in [0.15, 0.2) is 72.9 Å². The monoisotopic (exact) mass is 1450 g/mol. The highest BCUT2D eigenvalue weighted by Gasteiger charge is 2.30. The largest absolute Gasteiger partial charge is 0.472 e. The minimum atomic E-state index is -4.99. The number of ether oxygens (including phenoxy) is 4. The van der Waals surface area contributed by atoms with Gasteiger partial charge < -0.3 is 33.8 Å². The fourth-order valence-corrected chi connectivity index (χ4v) is 12.6. The molecule has 0 fully saturated rings. The number of carbonyl (C=O) groups excluding carboxylic acids is 4. The molecule has 0 bridgehead atoms. The van der Waals surface area contributed by atoms with Gasteiger partial charge in [0.15, 0.2) is 12.2 Å². The molecule has 2 unspecified atom stereocenters. The summed E-state index contributed by atoms with van der Waals surface area (Å²) in [5.41, 5.74) is 0. The first kappa shape index (κ1) is 96.5. The minimum Gasteiger partial charge on any atom is -0.462 e. The molecule has 100 heavy (non-hydrogen) atoms. The van der Waals surface area contributed by atoms with E-state index in [1.54, 1.807) is 0 Å². The van der Waals surface area contributed by atoms with Crippen LogP contribution in [0.2, 0.25) is 0 Å². The Kier molecular flexibility index (Phi) is 71.2. The molecule has 0 aliphatic carbocycles. The van der Waals surface area contributed by atoms with E-state index in [1.165, 1.54) is 161 Å². The van der Waals surface area contributed by atoms with Crippen molar-refractivity contribution in [2.24, 2.45) is 0 Å². The number of esters is 4. The highest BCUT2D eigenvalue weighted by Crippen LogP contribution is 2.45. The van der Waals surface area contributed by atoms with Crippen LogP contribution in [0.4, 0.5) is 0 Å². The zero-order chi connectivity index (χ0) is 73.2. The Morgan fingerprint density at radius 2 is 0.500 bits per heavy atom. The van der Waals surface area contributed by atoms with Crippen LogP contribution in [0.3, 0.4) is 0 Å². The van der Waals surface area contributed by atoms with E-state index >= 15 is 0 Å². The summed E-state index contributed by atoms with van der Waals surface area (Å²) >= 11 is 0. The molecule has 0 saturated carbocycles. The molecule has 0 radical (unpaired) electrons. The second-order valence-corrected chi connectivity index (χ2v) is 29.9. The van der Waals surface area contributed by atoms with Crippen molar-refractivity contribution in [3.63, 3.8) is 0 Å². The molecule has 0 aromatic rings. The Balaban J connectivity index is 5.37. The number of unbranched alkanes of at least 4 members (excludes halogenated alkanes) is 38. The number of hydrogen-bond donors (Lipinski definition) is 3. The number of hydrogen-bond acceptors (Lipinski definition) is 15. The normalized spacial score (nSPS) is 14.3. The number of rotatable bonds is 76. The molecule has 0 aromatic heterocycles. The van der Waals surface area contributed by atoms with Gasteiger partial charge in [0.1, 0.15) is 19.3 Å². The number of phosphoric ester groups is 2. The predicted octanol–water partition coefficient (Wildman–Crippen LogP) is 23.2. The van der Waals surface area contributed by atoms with Crippen LogP contribution >= 0.6 is 15.6 Å². The molecule has 0 spiro atoms. The third-order valence-corrected chi connectivity index (χ3v) is 19.1. The van der Waals surface area contributed by atoms with Gasteiger partial charge in [-0.2, -0.15) is 0 Å². The summed E-state index contributed by atoms with van der Waals surface area (Å²) in [6, 6.07) is 0. The highest BCUT2D eigenvalue weighted by atomic mass is 31.2. The average Bonchev–Trinajstić information content (AvgIpc) is 1.06. The maximum absolute atomic E-state index is 13.1. The fourth-order valence-electron chi connectivity index (χ4n) is 11.0. The summed E-state index contributed by atoms with van der Waals surface area (Å²) in [7, 11) is -9.96. The second kappa shape index (κ2) is 73.8. The summed E-state index contributed by atoms with van der Waals surface area (Å²) in [6.45, 7) is 4.81. The fraction of sp³-hybridized carbons (Fsp3) is 0.802. The first-order chi connectivity index (χ1) is 48.7. The van der Waals surface area contributed by atoms with Crippen molar-refractivity contribution in [3.05, 3.63) is 72.9 Å². The summed E-state index contributed by atoms with van der Waals surface area (Å²) in [5, 5.41) is 10.6. The lowest BCUT2D eigenvalue weighted by Crippen LogP contribution is -2.30. The molecule has 582 valence electrons. The Labute approximate surface area is 609 Å². The highest BCUT2D eigenvalue weighted by molar-refractivity contribution is 7.47. The quantitative estimate of drug-likeness (QED) is 0.0169. The van der Waals surface area contributed by atoms with Crippen molar-refractivity contribution >= 4 is 39.5 Å². The van der Waals surface area contributed by atoms with E-state index in [1.807, 2.05) is 12.2 Å². The van der Waals surface area contributed by atoms with Crippen LogP contribution in [0, 0.1) is 0 Å². The van der Waals surface area contributed by atoms with Crippen molar-refractivity contribution in [1.29, 1.82) is 0 Å². The molecule has 5 atom stereocenters. The number of carbonyl (C=O) groups is 4. The molecule has 19 heteroatoms. The smallest absolute Gasteiger partial charge is 0.462 e. The first-order valence-corrected chi connectivity index (χ1v) is 43.2. The van der Waals surface area contributed by atoms with Crippen molar-refractivity contribution in [2.75, 3.05) is 39.6 Å². The first-order valence-electron chi connectivity index (χ1n) is 40.2. The van der Waals surface area contributed by atoms with E-state index in [4.69, 9.17) is 37.0 Å². The maximum atomic E-state index is 13.1. The zero-order valence-electron chi connectivity index (χ0n) is 63.6. The average molecular weight is 1450 g/mol. The van der Waals surface area contributed by atoms with Gasteiger partial charge in [-0.1, -0.05) is 312 Å². The van der Waals surface area contributed by atoms with Gasteiger partial charge in [0.2, 0.25) is 0 Å². The van der Waals surface area contributed by atoms with Crippen LogP contribution in [-0.4, -0.2) is 96.7 Å². The summed E-state index contributed by atoms with van der Waals surface area (Å²) < 4.78 is 68.5. The van der Waals surface area contributed by atoms with Crippen LogP contribution in [0.5, 0.6) is 0 Å². The Morgan fingerprint density at radius 3 is 0.810 bits per heavy atom. The van der Waals surface area contributed by atoms with E-state index in [-0.39, 0.29) is 25.7 Å².